The molecular weight excluding hydrogens is 330 g/mol. The lowest BCUT2D eigenvalue weighted by molar-refractivity contribution is 0.292. The number of hydrogen-bond donors (Lipinski definition) is 1. The van der Waals surface area contributed by atoms with Gasteiger partial charge in [-0.3, -0.25) is 0 Å². The summed E-state index contributed by atoms with van der Waals surface area (Å²) < 4.78 is 12.1. The van der Waals surface area contributed by atoms with Crippen LogP contribution in [0, 0.1) is 5.41 Å². The van der Waals surface area contributed by atoms with Crippen LogP contribution in [0.25, 0.3) is 0 Å². The first kappa shape index (κ1) is 18.3. The van der Waals surface area contributed by atoms with Gasteiger partial charge < -0.3 is 14.8 Å². The van der Waals surface area contributed by atoms with E-state index in [0.717, 1.165) is 41.9 Å². The van der Waals surface area contributed by atoms with Gasteiger partial charge >= 0.3 is 0 Å². The maximum atomic E-state index is 5.75. The van der Waals surface area contributed by atoms with E-state index >= 15 is 0 Å². The quantitative estimate of drug-likeness (QED) is 0.690. The minimum absolute atomic E-state index is 0.325. The highest BCUT2D eigenvalue weighted by Gasteiger charge is 2.15. The maximum Gasteiger partial charge on any atom is 0.175 e. The van der Waals surface area contributed by atoms with E-state index in [4.69, 9.17) is 9.47 Å². The normalized spacial score (nSPS) is 11.5. The highest BCUT2D eigenvalue weighted by atomic mass is 79.9. The van der Waals surface area contributed by atoms with E-state index in [2.05, 4.69) is 55.0 Å². The van der Waals surface area contributed by atoms with E-state index in [-0.39, 0.29) is 0 Å². The molecule has 1 aromatic carbocycles. The van der Waals surface area contributed by atoms with Gasteiger partial charge in [0.2, 0.25) is 0 Å². The zero-order valence-electron chi connectivity index (χ0n) is 13.9. The fourth-order valence-electron chi connectivity index (χ4n) is 1.89. The Hall–Kier alpha value is -0.740. The predicted octanol–water partition coefficient (Wildman–Crippen LogP) is 4.77. The van der Waals surface area contributed by atoms with Gasteiger partial charge in [0.05, 0.1) is 18.2 Å². The number of methoxy groups -OCH3 is 1. The molecule has 21 heavy (non-hydrogen) atoms. The van der Waals surface area contributed by atoms with Gasteiger partial charge in [0.1, 0.15) is 0 Å². The fraction of sp³-hybridized carbons (Fsp3) is 0.647. The summed E-state index contributed by atoms with van der Waals surface area (Å²) in [7, 11) is 1.68. The number of nitrogens with one attached hydrogen (secondary N) is 1. The second-order valence-electron chi connectivity index (χ2n) is 6.08. The Morgan fingerprint density at radius 1 is 1.24 bits per heavy atom. The summed E-state index contributed by atoms with van der Waals surface area (Å²) in [5, 5.41) is 3.52. The predicted molar refractivity (Wildman–Crippen MR) is 92.3 cm³/mol. The maximum absolute atomic E-state index is 5.75. The van der Waals surface area contributed by atoms with Crippen LogP contribution < -0.4 is 14.8 Å². The third-order valence-electron chi connectivity index (χ3n) is 3.63. The topological polar surface area (TPSA) is 30.5 Å². The number of rotatable bonds is 9. The van der Waals surface area contributed by atoms with Crippen LogP contribution in [0.3, 0.4) is 0 Å². The molecule has 0 saturated heterocycles. The van der Waals surface area contributed by atoms with Crippen molar-refractivity contribution in [3.8, 4) is 11.5 Å². The number of ether oxygens (including phenoxy) is 2. The molecule has 1 aromatic rings. The van der Waals surface area contributed by atoms with Crippen LogP contribution >= 0.6 is 15.9 Å². The van der Waals surface area contributed by atoms with Crippen molar-refractivity contribution >= 4 is 15.9 Å². The van der Waals surface area contributed by atoms with E-state index in [0.29, 0.717) is 12.0 Å². The van der Waals surface area contributed by atoms with Crippen LogP contribution in [-0.2, 0) is 6.54 Å². The summed E-state index contributed by atoms with van der Waals surface area (Å²) in [5.41, 5.74) is 1.51. The second kappa shape index (κ2) is 8.64. The van der Waals surface area contributed by atoms with Gasteiger partial charge in [-0.05, 0) is 51.9 Å². The largest absolute Gasteiger partial charge is 0.493 e. The van der Waals surface area contributed by atoms with Crippen molar-refractivity contribution in [1.29, 1.82) is 0 Å². The van der Waals surface area contributed by atoms with Crippen LogP contribution in [0.1, 0.15) is 46.1 Å². The molecule has 0 atom stereocenters. The van der Waals surface area contributed by atoms with E-state index in [1.807, 2.05) is 6.07 Å². The molecule has 0 fully saturated rings. The number of halogens is 1. The molecule has 0 bridgehead atoms. The highest BCUT2D eigenvalue weighted by molar-refractivity contribution is 9.10. The Bertz CT molecular complexity index is 447. The summed E-state index contributed by atoms with van der Waals surface area (Å²) in [6.45, 7) is 11.4. The molecule has 0 aliphatic heterocycles. The third-order valence-corrected chi connectivity index (χ3v) is 4.22. The lowest BCUT2D eigenvalue weighted by Crippen LogP contribution is -2.28. The molecule has 0 aromatic heterocycles. The standard InChI is InChI=1S/C17H28BrNO2/c1-6-8-21-16-14(18)9-13(10-15(16)20-5)11-19-12-17(3,4)7-2/h9-10,19H,6-8,11-12H2,1-5H3. The first-order chi connectivity index (χ1) is 9.93. The van der Waals surface area contributed by atoms with Crippen molar-refractivity contribution in [1.82, 2.24) is 5.32 Å². The SMILES string of the molecule is CCCOc1c(Br)cc(CNCC(C)(C)CC)cc1OC. The summed E-state index contributed by atoms with van der Waals surface area (Å²) in [4.78, 5) is 0. The van der Waals surface area contributed by atoms with Crippen LogP contribution in [0.5, 0.6) is 11.5 Å². The number of benzene rings is 1. The molecule has 0 saturated carbocycles. The molecule has 0 aliphatic carbocycles. The lowest BCUT2D eigenvalue weighted by atomic mass is 9.90. The summed E-state index contributed by atoms with van der Waals surface area (Å²) in [6, 6.07) is 4.14. The zero-order valence-corrected chi connectivity index (χ0v) is 15.5. The Morgan fingerprint density at radius 3 is 2.52 bits per heavy atom. The molecule has 1 rings (SSSR count). The Kier molecular flexibility index (Phi) is 7.53. The molecule has 0 radical (unpaired) electrons. The van der Waals surface area contributed by atoms with Gasteiger partial charge in [-0.25, -0.2) is 0 Å². The first-order valence-corrected chi connectivity index (χ1v) is 8.42. The van der Waals surface area contributed by atoms with Crippen molar-refractivity contribution in [3.05, 3.63) is 22.2 Å². The van der Waals surface area contributed by atoms with Crippen molar-refractivity contribution in [3.63, 3.8) is 0 Å². The molecule has 0 unspecified atom stereocenters. The third kappa shape index (κ3) is 5.87. The van der Waals surface area contributed by atoms with E-state index < -0.39 is 0 Å². The van der Waals surface area contributed by atoms with E-state index in [9.17, 15) is 0 Å². The molecule has 120 valence electrons. The van der Waals surface area contributed by atoms with Crippen LogP contribution in [0.4, 0.5) is 0 Å². The molecule has 0 heterocycles. The summed E-state index contributed by atoms with van der Waals surface area (Å²) >= 11 is 3.58. The van der Waals surface area contributed by atoms with Crippen LogP contribution in [0.2, 0.25) is 0 Å². The summed E-state index contributed by atoms with van der Waals surface area (Å²) in [5.74, 6) is 1.57. The zero-order chi connectivity index (χ0) is 15.9. The minimum Gasteiger partial charge on any atom is -0.493 e. The molecule has 4 heteroatoms. The van der Waals surface area contributed by atoms with Crippen molar-refractivity contribution in [2.24, 2.45) is 5.41 Å². The van der Waals surface area contributed by atoms with Crippen molar-refractivity contribution < 1.29 is 9.47 Å². The van der Waals surface area contributed by atoms with Crippen molar-refractivity contribution in [2.45, 2.75) is 47.1 Å². The van der Waals surface area contributed by atoms with Gasteiger partial charge in [0.25, 0.3) is 0 Å². The molecule has 0 amide bonds. The average molecular weight is 358 g/mol. The summed E-state index contributed by atoms with van der Waals surface area (Å²) in [6.07, 6.45) is 2.14. The lowest BCUT2D eigenvalue weighted by Gasteiger charge is -2.23. The number of hydrogen-bond acceptors (Lipinski definition) is 3. The van der Waals surface area contributed by atoms with Gasteiger partial charge in [-0.15, -0.1) is 0 Å². The molecule has 3 nitrogen and oxygen atoms in total. The molecular formula is C17H28BrNO2. The van der Waals surface area contributed by atoms with Gasteiger partial charge in [0, 0.05) is 13.1 Å². The van der Waals surface area contributed by atoms with E-state index in [1.54, 1.807) is 7.11 Å². The van der Waals surface area contributed by atoms with Crippen LogP contribution in [0.15, 0.2) is 16.6 Å². The Morgan fingerprint density at radius 2 is 1.95 bits per heavy atom. The molecule has 0 aliphatic rings. The van der Waals surface area contributed by atoms with Gasteiger partial charge in [-0.1, -0.05) is 27.7 Å². The highest BCUT2D eigenvalue weighted by Crippen LogP contribution is 2.36. The molecule has 0 spiro atoms. The average Bonchev–Trinajstić information content (AvgIpc) is 2.45. The fourth-order valence-corrected chi connectivity index (χ4v) is 2.49. The van der Waals surface area contributed by atoms with Gasteiger partial charge in [-0.2, -0.15) is 0 Å². The Labute approximate surface area is 137 Å². The second-order valence-corrected chi connectivity index (χ2v) is 6.93. The molecule has 1 N–H and O–H groups in total. The van der Waals surface area contributed by atoms with Crippen molar-refractivity contribution in [2.75, 3.05) is 20.3 Å². The monoisotopic (exact) mass is 357 g/mol. The van der Waals surface area contributed by atoms with E-state index in [1.165, 1.54) is 5.56 Å². The van der Waals surface area contributed by atoms with Gasteiger partial charge in [0.15, 0.2) is 11.5 Å². The van der Waals surface area contributed by atoms with Crippen LogP contribution in [-0.4, -0.2) is 20.3 Å². The Balaban J connectivity index is 2.74. The smallest absolute Gasteiger partial charge is 0.175 e. The first-order valence-electron chi connectivity index (χ1n) is 7.63. The minimum atomic E-state index is 0.325.